The van der Waals surface area contributed by atoms with Crippen LogP contribution in [0.5, 0.6) is 5.75 Å². The van der Waals surface area contributed by atoms with Gasteiger partial charge < -0.3 is 19.2 Å². The number of aryl methyl sites for hydroxylation is 2. The molecule has 1 amide bonds. The minimum atomic E-state index is -0.538. The number of hydrogen-bond donors (Lipinski definition) is 1. The fraction of sp³-hybridized carbons (Fsp3) is 0.250. The van der Waals surface area contributed by atoms with Gasteiger partial charge in [-0.2, -0.15) is 0 Å². The molecule has 0 unspecified atom stereocenters. The van der Waals surface area contributed by atoms with Crippen molar-refractivity contribution in [3.8, 4) is 27.5 Å². The van der Waals surface area contributed by atoms with Crippen molar-refractivity contribution in [2.75, 3.05) is 18.5 Å². The van der Waals surface area contributed by atoms with Crippen molar-refractivity contribution >= 4 is 39.2 Å². The zero-order valence-corrected chi connectivity index (χ0v) is 26.5. The summed E-state index contributed by atoms with van der Waals surface area (Å²) < 4.78 is 17.5. The highest BCUT2D eigenvalue weighted by Gasteiger charge is 2.23. The molecule has 0 spiro atoms. The maximum atomic E-state index is 13.8. The maximum Gasteiger partial charge on any atom is 0.341 e. The predicted octanol–water partition coefficient (Wildman–Crippen LogP) is 8.30. The molecule has 0 saturated heterocycles. The van der Waals surface area contributed by atoms with Crippen molar-refractivity contribution in [1.82, 2.24) is 0 Å². The van der Waals surface area contributed by atoms with E-state index in [9.17, 15) is 14.4 Å². The van der Waals surface area contributed by atoms with E-state index in [-0.39, 0.29) is 34.5 Å². The summed E-state index contributed by atoms with van der Waals surface area (Å²) in [7, 11) is 0. The lowest BCUT2D eigenvalue weighted by Gasteiger charge is -2.19. The minimum Gasteiger partial charge on any atom is -0.476 e. The van der Waals surface area contributed by atoms with Gasteiger partial charge in [0.15, 0.2) is 12.4 Å². The third kappa shape index (κ3) is 6.45. The van der Waals surface area contributed by atoms with E-state index in [1.54, 1.807) is 19.1 Å². The average Bonchev–Trinajstić information content (AvgIpc) is 3.41. The molecule has 8 heteroatoms. The first-order chi connectivity index (χ1) is 21.0. The molecule has 0 fully saturated rings. The van der Waals surface area contributed by atoms with E-state index in [1.165, 1.54) is 11.3 Å². The molecule has 0 aliphatic carbocycles. The summed E-state index contributed by atoms with van der Waals surface area (Å²) in [6, 6.07) is 22.6. The summed E-state index contributed by atoms with van der Waals surface area (Å²) in [5.74, 6) is -0.885. The average molecular weight is 610 g/mol. The van der Waals surface area contributed by atoms with Crippen LogP contribution < -0.4 is 15.5 Å². The van der Waals surface area contributed by atoms with Crippen LogP contribution in [0.25, 0.3) is 32.7 Å². The van der Waals surface area contributed by atoms with Gasteiger partial charge in [0, 0.05) is 10.4 Å². The lowest BCUT2D eigenvalue weighted by atomic mass is 9.86. The number of ether oxygens (including phenoxy) is 2. The molecule has 0 aliphatic rings. The SMILES string of the molecule is CCOC(=O)c1cc(-c2ccccc2)sc1NC(=O)COc1c(-c2ccc(C(C)(C)C)cc2)oc2cc(C)c(C)cc2c1=O. The van der Waals surface area contributed by atoms with E-state index in [1.807, 2.05) is 74.5 Å². The first-order valence-corrected chi connectivity index (χ1v) is 15.3. The van der Waals surface area contributed by atoms with Crippen LogP contribution in [0.3, 0.4) is 0 Å². The van der Waals surface area contributed by atoms with Crippen molar-refractivity contribution in [1.29, 1.82) is 0 Å². The van der Waals surface area contributed by atoms with Crippen molar-refractivity contribution in [2.24, 2.45) is 0 Å². The number of esters is 1. The Hall–Kier alpha value is -4.69. The third-order valence-corrected chi connectivity index (χ3v) is 8.46. The van der Waals surface area contributed by atoms with Gasteiger partial charge in [-0.1, -0.05) is 75.4 Å². The summed E-state index contributed by atoms with van der Waals surface area (Å²) in [6.07, 6.45) is 0. The molecule has 3 aromatic carbocycles. The summed E-state index contributed by atoms with van der Waals surface area (Å²) >= 11 is 1.26. The molecule has 0 aliphatic heterocycles. The first kappa shape index (κ1) is 30.8. The summed E-state index contributed by atoms with van der Waals surface area (Å²) in [4.78, 5) is 40.5. The highest BCUT2D eigenvalue weighted by molar-refractivity contribution is 7.20. The molecule has 7 nitrogen and oxygen atoms in total. The fourth-order valence-electron chi connectivity index (χ4n) is 4.77. The molecule has 0 radical (unpaired) electrons. The number of hydrogen-bond acceptors (Lipinski definition) is 7. The molecule has 44 heavy (non-hydrogen) atoms. The molecule has 226 valence electrons. The Labute approximate surface area is 260 Å². The lowest BCUT2D eigenvalue weighted by molar-refractivity contribution is -0.118. The number of carbonyl (C=O) groups is 2. The Morgan fingerprint density at radius 3 is 2.25 bits per heavy atom. The Morgan fingerprint density at radius 1 is 0.909 bits per heavy atom. The van der Waals surface area contributed by atoms with Crippen LogP contribution in [0.2, 0.25) is 0 Å². The lowest BCUT2D eigenvalue weighted by Crippen LogP contribution is -2.23. The van der Waals surface area contributed by atoms with E-state index in [4.69, 9.17) is 13.9 Å². The highest BCUT2D eigenvalue weighted by atomic mass is 32.1. The number of thiophene rings is 1. The number of anilines is 1. The van der Waals surface area contributed by atoms with Gasteiger partial charge in [-0.15, -0.1) is 11.3 Å². The van der Waals surface area contributed by atoms with Crippen molar-refractivity contribution < 1.29 is 23.5 Å². The van der Waals surface area contributed by atoms with Crippen molar-refractivity contribution in [2.45, 2.75) is 47.0 Å². The summed E-state index contributed by atoms with van der Waals surface area (Å²) in [5.41, 5.74) is 4.88. The number of rotatable bonds is 8. The monoisotopic (exact) mass is 609 g/mol. The van der Waals surface area contributed by atoms with Crippen molar-refractivity contribution in [3.05, 3.63) is 105 Å². The minimum absolute atomic E-state index is 0.0545. The fourth-order valence-corrected chi connectivity index (χ4v) is 5.83. The molecular weight excluding hydrogens is 574 g/mol. The van der Waals surface area contributed by atoms with E-state index in [2.05, 4.69) is 26.1 Å². The molecule has 1 N–H and O–H groups in total. The Bertz CT molecular complexity index is 1900. The van der Waals surface area contributed by atoms with E-state index >= 15 is 0 Å². The number of benzene rings is 3. The Balaban J connectivity index is 1.48. The van der Waals surface area contributed by atoms with Crippen LogP contribution in [-0.2, 0) is 14.9 Å². The van der Waals surface area contributed by atoms with Crippen LogP contribution in [0, 0.1) is 13.8 Å². The smallest absolute Gasteiger partial charge is 0.341 e. The standard InChI is InChI=1S/C36H35NO6S/c1-7-41-35(40)27-19-29(23-11-9-8-10-12-23)44-34(27)37-30(38)20-42-33-31(39)26-17-21(2)22(3)18-28(26)43-32(33)24-13-15-25(16-14-24)36(4,5)6/h8-19H,7,20H2,1-6H3,(H,37,38). The van der Waals surface area contributed by atoms with Gasteiger partial charge in [-0.05, 0) is 66.6 Å². The zero-order valence-electron chi connectivity index (χ0n) is 25.7. The first-order valence-electron chi connectivity index (χ1n) is 14.4. The second-order valence-electron chi connectivity index (χ2n) is 11.6. The second-order valence-corrected chi connectivity index (χ2v) is 12.7. The molecule has 5 aromatic rings. The van der Waals surface area contributed by atoms with Crippen LogP contribution in [0.15, 0.2) is 82.0 Å². The Kier molecular flexibility index (Phi) is 8.74. The van der Waals surface area contributed by atoms with Gasteiger partial charge in [0.1, 0.15) is 10.6 Å². The Morgan fingerprint density at radius 2 is 1.59 bits per heavy atom. The topological polar surface area (TPSA) is 94.8 Å². The summed E-state index contributed by atoms with van der Waals surface area (Å²) in [6.45, 7) is 11.7. The zero-order chi connectivity index (χ0) is 31.6. The van der Waals surface area contributed by atoms with Crippen LogP contribution in [-0.4, -0.2) is 25.1 Å². The molecular formula is C36H35NO6S. The third-order valence-electron chi connectivity index (χ3n) is 7.36. The van der Waals surface area contributed by atoms with Gasteiger partial charge >= 0.3 is 5.97 Å². The normalized spacial score (nSPS) is 11.4. The largest absolute Gasteiger partial charge is 0.476 e. The molecule has 0 atom stereocenters. The molecule has 2 heterocycles. The van der Waals surface area contributed by atoms with E-state index in [0.717, 1.165) is 27.1 Å². The van der Waals surface area contributed by atoms with Gasteiger partial charge in [-0.25, -0.2) is 4.79 Å². The van der Waals surface area contributed by atoms with Gasteiger partial charge in [0.2, 0.25) is 11.2 Å². The summed E-state index contributed by atoms with van der Waals surface area (Å²) in [5, 5.41) is 3.50. The second kappa shape index (κ2) is 12.5. The molecule has 0 saturated carbocycles. The van der Waals surface area contributed by atoms with Gasteiger partial charge in [0.25, 0.3) is 5.91 Å². The number of carbonyl (C=O) groups excluding carboxylic acids is 2. The molecule has 5 rings (SSSR count). The van der Waals surface area contributed by atoms with Crippen LogP contribution in [0.1, 0.15) is 54.7 Å². The van der Waals surface area contributed by atoms with E-state index in [0.29, 0.717) is 21.5 Å². The van der Waals surface area contributed by atoms with Crippen LogP contribution in [0.4, 0.5) is 5.00 Å². The molecule has 2 aromatic heterocycles. The van der Waals surface area contributed by atoms with Gasteiger partial charge in [-0.3, -0.25) is 9.59 Å². The maximum absolute atomic E-state index is 13.8. The van der Waals surface area contributed by atoms with Crippen molar-refractivity contribution in [3.63, 3.8) is 0 Å². The number of amides is 1. The van der Waals surface area contributed by atoms with Gasteiger partial charge in [0.05, 0.1) is 17.6 Å². The predicted molar refractivity (Wildman–Crippen MR) is 176 cm³/mol. The number of nitrogens with one attached hydrogen (secondary N) is 1. The quantitative estimate of drug-likeness (QED) is 0.178. The number of fused-ring (bicyclic) bond motifs is 1. The van der Waals surface area contributed by atoms with Crippen LogP contribution >= 0.6 is 11.3 Å². The molecule has 0 bridgehead atoms. The van der Waals surface area contributed by atoms with E-state index < -0.39 is 18.5 Å². The highest BCUT2D eigenvalue weighted by Crippen LogP contribution is 2.37.